The molecule has 1 amide bonds. The first-order chi connectivity index (χ1) is 20.0. The lowest BCUT2D eigenvalue weighted by Gasteiger charge is -2.18. The van der Waals surface area contributed by atoms with Crippen molar-refractivity contribution in [3.05, 3.63) is 65.1 Å². The Labute approximate surface area is 243 Å². The van der Waals surface area contributed by atoms with Crippen LogP contribution in [0, 0.1) is 17.1 Å². The molecule has 1 aliphatic rings. The zero-order valence-corrected chi connectivity index (χ0v) is 23.3. The molecule has 1 aromatic heterocycles. The topological polar surface area (TPSA) is 129 Å². The minimum absolute atomic E-state index is 0.0581. The number of hydrogen-bond donors (Lipinski definition) is 4. The number of carbonyl (C=O) groups is 1. The summed E-state index contributed by atoms with van der Waals surface area (Å²) in [5.74, 6) is -0.462. The zero-order chi connectivity index (χ0) is 29.0. The summed E-state index contributed by atoms with van der Waals surface area (Å²) in [4.78, 5) is 17.3. The number of amides is 1. The number of aromatic nitrogens is 1. The Morgan fingerprint density at radius 2 is 2.12 bits per heavy atom. The molecule has 0 spiro atoms. The van der Waals surface area contributed by atoms with Gasteiger partial charge in [0.1, 0.15) is 23.7 Å². The summed E-state index contributed by atoms with van der Waals surface area (Å²) in [6.45, 7) is 2.62. The predicted octanol–water partition coefficient (Wildman–Crippen LogP) is 5.45. The van der Waals surface area contributed by atoms with Crippen LogP contribution in [0.3, 0.4) is 0 Å². The number of benzene rings is 2. The van der Waals surface area contributed by atoms with E-state index in [4.69, 9.17) is 26.2 Å². The lowest BCUT2D eigenvalue weighted by Crippen LogP contribution is -2.18. The van der Waals surface area contributed by atoms with Crippen LogP contribution in [0.2, 0.25) is 5.02 Å². The molecule has 2 heterocycles. The standard InChI is InChI=1S/C30H33ClFN5O4/c31-24-14-21(7-8-25(24)32)36-30-20(17-33)18-35-26-16-28(41-22-9-13-40-19-22)27(15-23(26)30)37-29(39)6-5-11-34-10-3-1-2-4-12-38/h5-8,14-16,18,22,34,38H,1-4,9-13,19H2,(H,35,36)(H,37,39)/t22-/m0/s1. The molecule has 9 nitrogen and oxygen atoms in total. The molecule has 1 atom stereocenters. The number of nitrogens with zero attached hydrogens (tertiary/aromatic N) is 2. The van der Waals surface area contributed by atoms with Crippen molar-refractivity contribution >= 4 is 45.5 Å². The highest BCUT2D eigenvalue weighted by Crippen LogP contribution is 2.37. The van der Waals surface area contributed by atoms with E-state index in [1.54, 1.807) is 18.2 Å². The number of halogens is 2. The van der Waals surface area contributed by atoms with Crippen molar-refractivity contribution in [3.63, 3.8) is 0 Å². The van der Waals surface area contributed by atoms with Gasteiger partial charge in [-0.15, -0.1) is 0 Å². The van der Waals surface area contributed by atoms with Crippen molar-refractivity contribution in [3.8, 4) is 11.8 Å². The molecule has 1 fully saturated rings. The molecule has 1 aliphatic heterocycles. The highest BCUT2D eigenvalue weighted by Gasteiger charge is 2.21. The monoisotopic (exact) mass is 581 g/mol. The quantitative estimate of drug-likeness (QED) is 0.146. The maximum atomic E-state index is 13.7. The number of carbonyl (C=O) groups excluding carboxylic acids is 1. The fraction of sp³-hybridized carbons (Fsp3) is 0.367. The fourth-order valence-corrected chi connectivity index (χ4v) is 4.56. The predicted molar refractivity (Wildman–Crippen MR) is 157 cm³/mol. The smallest absolute Gasteiger partial charge is 0.248 e. The van der Waals surface area contributed by atoms with E-state index in [-0.39, 0.29) is 29.2 Å². The average Bonchev–Trinajstić information content (AvgIpc) is 3.48. The summed E-state index contributed by atoms with van der Waals surface area (Å²) in [6, 6.07) is 9.74. The number of unbranched alkanes of at least 4 members (excludes halogenated alkanes) is 3. The third kappa shape index (κ3) is 8.62. The zero-order valence-electron chi connectivity index (χ0n) is 22.6. The summed E-state index contributed by atoms with van der Waals surface area (Å²) in [6.07, 6.45) is 9.06. The SMILES string of the molecule is N#Cc1cnc2cc(O[C@H]3CCOC3)c(NC(=O)C=CCNCCCCCCO)cc2c1Nc1ccc(F)c(Cl)c1. The van der Waals surface area contributed by atoms with E-state index in [1.807, 2.05) is 0 Å². The summed E-state index contributed by atoms with van der Waals surface area (Å²) >= 11 is 5.97. The van der Waals surface area contributed by atoms with Gasteiger partial charge >= 0.3 is 0 Å². The summed E-state index contributed by atoms with van der Waals surface area (Å²) in [7, 11) is 0. The molecule has 0 bridgehead atoms. The first-order valence-corrected chi connectivity index (χ1v) is 14.0. The Bertz CT molecular complexity index is 1420. The van der Waals surface area contributed by atoms with Crippen LogP contribution in [0.5, 0.6) is 5.75 Å². The van der Waals surface area contributed by atoms with Gasteiger partial charge in [0.05, 0.1) is 40.7 Å². The van der Waals surface area contributed by atoms with E-state index >= 15 is 0 Å². The van der Waals surface area contributed by atoms with Crippen molar-refractivity contribution in [2.45, 2.75) is 38.2 Å². The van der Waals surface area contributed by atoms with Crippen molar-refractivity contribution < 1.29 is 23.8 Å². The number of ether oxygens (including phenoxy) is 2. The van der Waals surface area contributed by atoms with Gasteiger partial charge in [0.2, 0.25) is 5.91 Å². The molecule has 1 saturated heterocycles. The minimum atomic E-state index is -0.554. The van der Waals surface area contributed by atoms with Crippen LogP contribution in [-0.2, 0) is 9.53 Å². The molecule has 41 heavy (non-hydrogen) atoms. The number of fused-ring (bicyclic) bond motifs is 1. The van der Waals surface area contributed by atoms with E-state index in [2.05, 4.69) is 27.0 Å². The molecule has 216 valence electrons. The molecule has 11 heteroatoms. The third-order valence-corrected chi connectivity index (χ3v) is 6.80. The van der Waals surface area contributed by atoms with E-state index in [1.165, 1.54) is 30.5 Å². The number of anilines is 3. The Morgan fingerprint density at radius 3 is 2.88 bits per heavy atom. The molecule has 0 aliphatic carbocycles. The maximum absolute atomic E-state index is 13.7. The highest BCUT2D eigenvalue weighted by atomic mass is 35.5. The van der Waals surface area contributed by atoms with E-state index in [0.29, 0.717) is 53.5 Å². The van der Waals surface area contributed by atoms with E-state index < -0.39 is 5.82 Å². The van der Waals surface area contributed by atoms with Crippen molar-refractivity contribution in [1.29, 1.82) is 5.26 Å². The maximum Gasteiger partial charge on any atom is 0.248 e. The van der Waals surface area contributed by atoms with Crippen molar-refractivity contribution in [2.24, 2.45) is 0 Å². The fourth-order valence-electron chi connectivity index (χ4n) is 4.38. The van der Waals surface area contributed by atoms with Crippen LogP contribution >= 0.6 is 11.6 Å². The molecule has 2 aromatic carbocycles. The van der Waals surface area contributed by atoms with Gasteiger partial charge in [-0.05, 0) is 43.7 Å². The average molecular weight is 582 g/mol. The minimum Gasteiger partial charge on any atom is -0.486 e. The number of nitriles is 1. The Kier molecular flexibility index (Phi) is 11.3. The lowest BCUT2D eigenvalue weighted by molar-refractivity contribution is -0.111. The van der Waals surface area contributed by atoms with Crippen LogP contribution in [0.15, 0.2) is 48.7 Å². The molecule has 0 radical (unpaired) electrons. The number of rotatable bonds is 14. The Hall–Kier alpha value is -3.75. The van der Waals surface area contributed by atoms with Gasteiger partial charge in [0.25, 0.3) is 0 Å². The van der Waals surface area contributed by atoms with Crippen molar-refractivity contribution in [2.75, 3.05) is 43.5 Å². The second-order valence-electron chi connectivity index (χ2n) is 9.62. The van der Waals surface area contributed by atoms with Gasteiger partial charge < -0.3 is 30.5 Å². The summed E-state index contributed by atoms with van der Waals surface area (Å²) in [5, 5.41) is 28.4. The number of pyridine rings is 1. The largest absolute Gasteiger partial charge is 0.486 e. The Balaban J connectivity index is 1.56. The number of aliphatic hydroxyl groups excluding tert-OH is 1. The van der Waals surface area contributed by atoms with E-state index in [9.17, 15) is 14.4 Å². The first-order valence-electron chi connectivity index (χ1n) is 13.6. The number of hydrogen-bond acceptors (Lipinski definition) is 8. The van der Waals surface area contributed by atoms with Crippen LogP contribution < -0.4 is 20.7 Å². The van der Waals surface area contributed by atoms with Crippen LogP contribution in [-0.4, -0.2) is 55.0 Å². The van der Waals surface area contributed by atoms with Crippen LogP contribution in [0.4, 0.5) is 21.5 Å². The summed E-state index contributed by atoms with van der Waals surface area (Å²) in [5.41, 5.74) is 2.12. The van der Waals surface area contributed by atoms with Gasteiger partial charge in [-0.1, -0.05) is 30.5 Å². The molecule has 0 saturated carbocycles. The molecule has 0 unspecified atom stereocenters. The van der Waals surface area contributed by atoms with Gasteiger partial charge in [-0.3, -0.25) is 9.78 Å². The normalized spacial score (nSPS) is 14.8. The van der Waals surface area contributed by atoms with E-state index in [0.717, 1.165) is 38.6 Å². The molecule has 3 aromatic rings. The first kappa shape index (κ1) is 30.2. The van der Waals surface area contributed by atoms with Crippen LogP contribution in [0.1, 0.15) is 37.7 Å². The van der Waals surface area contributed by atoms with Gasteiger partial charge in [-0.25, -0.2) is 4.39 Å². The molecular weight excluding hydrogens is 549 g/mol. The highest BCUT2D eigenvalue weighted by molar-refractivity contribution is 6.31. The van der Waals surface area contributed by atoms with Crippen molar-refractivity contribution in [1.82, 2.24) is 10.3 Å². The number of nitrogens with one attached hydrogen (secondary N) is 3. The van der Waals surface area contributed by atoms with Crippen LogP contribution in [0.25, 0.3) is 10.9 Å². The third-order valence-electron chi connectivity index (χ3n) is 6.51. The van der Waals surface area contributed by atoms with Gasteiger partial charge in [0.15, 0.2) is 0 Å². The Morgan fingerprint density at radius 1 is 1.27 bits per heavy atom. The molecule has 4 N–H and O–H groups in total. The van der Waals surface area contributed by atoms with Gasteiger partial charge in [0, 0.05) is 49.0 Å². The summed E-state index contributed by atoms with van der Waals surface area (Å²) < 4.78 is 25.4. The second kappa shape index (κ2) is 15.3. The molecular formula is C30H33ClFN5O4. The number of aliphatic hydroxyl groups is 1. The lowest BCUT2D eigenvalue weighted by atomic mass is 10.1. The molecule has 4 rings (SSSR count). The van der Waals surface area contributed by atoms with Gasteiger partial charge in [-0.2, -0.15) is 5.26 Å². The second-order valence-corrected chi connectivity index (χ2v) is 10.0.